The number of hydrogen-bond donors (Lipinski definition) is 3. The molecule has 0 saturated carbocycles. The van der Waals surface area contributed by atoms with E-state index in [0.29, 0.717) is 36.4 Å². The van der Waals surface area contributed by atoms with Gasteiger partial charge in [0.15, 0.2) is 6.23 Å². The highest BCUT2D eigenvalue weighted by Gasteiger charge is 2.44. The highest BCUT2D eigenvalue weighted by molar-refractivity contribution is 6.04. The highest BCUT2D eigenvalue weighted by Crippen LogP contribution is 2.46. The predicted octanol–water partition coefficient (Wildman–Crippen LogP) is 6.32. The fourth-order valence-corrected chi connectivity index (χ4v) is 7.64. The number of ether oxygens (including phenoxy) is 2. The lowest BCUT2D eigenvalue weighted by molar-refractivity contribution is 0.102. The van der Waals surface area contributed by atoms with Crippen LogP contribution in [0.4, 0.5) is 20.9 Å². The average Bonchev–Trinajstić information content (AvgIpc) is 3.63. The third-order valence-corrected chi connectivity index (χ3v) is 10.2. The van der Waals surface area contributed by atoms with E-state index in [9.17, 15) is 14.0 Å². The van der Waals surface area contributed by atoms with Crippen molar-refractivity contribution in [2.45, 2.75) is 57.2 Å². The van der Waals surface area contributed by atoms with Crippen LogP contribution in [0.3, 0.4) is 0 Å². The van der Waals surface area contributed by atoms with Crippen molar-refractivity contribution in [2.75, 3.05) is 43.5 Å². The second kappa shape index (κ2) is 15.1. The molecule has 12 nitrogen and oxygen atoms in total. The summed E-state index contributed by atoms with van der Waals surface area (Å²) in [6.07, 6.45) is 14.6. The van der Waals surface area contributed by atoms with Gasteiger partial charge in [-0.15, -0.1) is 5.10 Å². The summed E-state index contributed by atoms with van der Waals surface area (Å²) in [5, 5.41) is 14.6. The standard InChI is InChI=1S/C39H44FN7O5/c1-3-29-25-11-9-18-39(29,41)30-16-17-34(43-32(30)23-25)51-38(49)47(22-10-21-46-19-7-4-8-20-46)37-45-44-36(52-37)28-15-14-26(24-33(28)50-2)42-35(48)27-12-5-6-13-31(27)40/h3,5-6,9,11-17,24-25,34,43H,4,7-8,10,18-23,41H2,1-2H3,(H,42,48)/b29-3+/t25-,34?,39?/m1/s1. The predicted molar refractivity (Wildman–Crippen MR) is 195 cm³/mol. The molecule has 2 bridgehead atoms. The molecule has 2 aliphatic heterocycles. The molecule has 272 valence electrons. The number of carbonyl (C=O) groups excluding carboxylic acids is 2. The molecule has 13 heteroatoms. The first-order valence-corrected chi connectivity index (χ1v) is 17.9. The number of nitrogens with one attached hydrogen (secondary N) is 2. The lowest BCUT2D eigenvalue weighted by atomic mass is 9.64. The lowest BCUT2D eigenvalue weighted by Crippen LogP contribution is -2.53. The number of hydrogen-bond acceptors (Lipinski definition) is 10. The molecular weight excluding hydrogens is 665 g/mol. The van der Waals surface area contributed by atoms with E-state index in [1.165, 1.54) is 55.0 Å². The van der Waals surface area contributed by atoms with Crippen molar-refractivity contribution in [1.82, 2.24) is 20.4 Å². The number of benzene rings is 2. The van der Waals surface area contributed by atoms with E-state index in [4.69, 9.17) is 19.6 Å². The van der Waals surface area contributed by atoms with Crippen LogP contribution in [0.25, 0.3) is 11.5 Å². The Hall–Kier alpha value is -5.27. The zero-order valence-corrected chi connectivity index (χ0v) is 29.4. The number of piperidine rings is 1. The van der Waals surface area contributed by atoms with Crippen molar-refractivity contribution in [3.05, 3.63) is 101 Å². The molecule has 2 amide bonds. The summed E-state index contributed by atoms with van der Waals surface area (Å²) >= 11 is 0. The maximum atomic E-state index is 14.2. The van der Waals surface area contributed by atoms with Crippen LogP contribution >= 0.6 is 0 Å². The minimum absolute atomic E-state index is 0.0201. The maximum Gasteiger partial charge on any atom is 0.420 e. The molecule has 2 aromatic carbocycles. The Kier molecular flexibility index (Phi) is 10.2. The molecule has 1 fully saturated rings. The number of aromatic nitrogens is 2. The normalized spacial score (nSPS) is 23.2. The van der Waals surface area contributed by atoms with E-state index < -0.39 is 29.6 Å². The van der Waals surface area contributed by atoms with E-state index in [2.05, 4.69) is 44.0 Å². The molecule has 0 spiro atoms. The van der Waals surface area contributed by atoms with E-state index in [0.717, 1.165) is 37.3 Å². The summed E-state index contributed by atoms with van der Waals surface area (Å²) < 4.78 is 31.9. The Balaban J connectivity index is 1.08. The summed E-state index contributed by atoms with van der Waals surface area (Å²) in [5.41, 5.74) is 10.3. The molecule has 4 N–H and O–H groups in total. The summed E-state index contributed by atoms with van der Waals surface area (Å²) in [6, 6.07) is 10.6. The topological polar surface area (TPSA) is 148 Å². The van der Waals surface area contributed by atoms with E-state index in [1.54, 1.807) is 24.3 Å². The Morgan fingerprint density at radius 3 is 2.79 bits per heavy atom. The zero-order chi connectivity index (χ0) is 36.2. The molecule has 1 aromatic heterocycles. The molecule has 2 aliphatic carbocycles. The van der Waals surface area contributed by atoms with Gasteiger partial charge in [-0.05, 0) is 100 Å². The molecule has 7 rings (SSSR count). The number of halogens is 1. The fraction of sp³-hybridized carbons (Fsp3) is 0.385. The number of nitrogens with two attached hydrogens (primary N) is 1. The second-order valence-corrected chi connectivity index (χ2v) is 13.5. The minimum Gasteiger partial charge on any atom is -0.496 e. The number of carbonyl (C=O) groups is 2. The van der Waals surface area contributed by atoms with Gasteiger partial charge in [0.05, 0.1) is 23.8 Å². The van der Waals surface area contributed by atoms with Gasteiger partial charge >= 0.3 is 12.1 Å². The molecule has 2 unspecified atom stereocenters. The molecule has 3 atom stereocenters. The molecule has 0 radical (unpaired) electrons. The van der Waals surface area contributed by atoms with Crippen LogP contribution < -0.4 is 26.0 Å². The third kappa shape index (κ3) is 7.10. The van der Waals surface area contributed by atoms with E-state index in [1.807, 2.05) is 19.1 Å². The first kappa shape index (κ1) is 35.1. The van der Waals surface area contributed by atoms with Gasteiger partial charge in [0.1, 0.15) is 11.6 Å². The third-order valence-electron chi connectivity index (χ3n) is 10.2. The van der Waals surface area contributed by atoms with Crippen molar-refractivity contribution in [3.63, 3.8) is 0 Å². The number of methoxy groups -OCH3 is 1. The van der Waals surface area contributed by atoms with Crippen LogP contribution in [-0.4, -0.2) is 72.2 Å². The van der Waals surface area contributed by atoms with Crippen molar-refractivity contribution < 1.29 is 27.9 Å². The second-order valence-electron chi connectivity index (χ2n) is 13.5. The number of dihydropyridines is 1. The van der Waals surface area contributed by atoms with Crippen LogP contribution in [0.5, 0.6) is 5.75 Å². The van der Waals surface area contributed by atoms with Crippen LogP contribution in [0.1, 0.15) is 55.8 Å². The maximum absolute atomic E-state index is 14.2. The van der Waals surface area contributed by atoms with Crippen molar-refractivity contribution in [1.29, 1.82) is 0 Å². The van der Waals surface area contributed by atoms with Gasteiger partial charge in [0.2, 0.25) is 0 Å². The monoisotopic (exact) mass is 709 g/mol. The van der Waals surface area contributed by atoms with Gasteiger partial charge in [-0.25, -0.2) is 14.1 Å². The molecule has 3 heterocycles. The zero-order valence-electron chi connectivity index (χ0n) is 29.4. The Labute approximate surface area is 302 Å². The fourth-order valence-electron chi connectivity index (χ4n) is 7.64. The SMILES string of the molecule is C/C=C1\[C@@H]2C=CCC1(N)C1=C(C2)NC(OC(=O)N(CCCN2CCCCC2)c2nnc(-c3ccc(NC(=O)c4ccccc4F)cc3OC)o2)C=C1. The van der Waals surface area contributed by atoms with Crippen LogP contribution in [0.15, 0.2) is 94.1 Å². The molecule has 4 aliphatic rings. The Morgan fingerprint density at radius 2 is 2.00 bits per heavy atom. The number of likely N-dealkylation sites (tertiary alicyclic amines) is 1. The molecule has 1 saturated heterocycles. The van der Waals surface area contributed by atoms with Gasteiger partial charge in [0.25, 0.3) is 11.8 Å². The number of allylic oxidation sites excluding steroid dienone is 3. The first-order chi connectivity index (χ1) is 25.3. The first-order valence-electron chi connectivity index (χ1n) is 17.9. The number of nitrogens with zero attached hydrogens (tertiary/aromatic N) is 4. The number of fused-ring (bicyclic) bond motifs is 3. The summed E-state index contributed by atoms with van der Waals surface area (Å²) in [4.78, 5) is 30.4. The minimum atomic E-state index is -0.717. The number of amides is 2. The van der Waals surface area contributed by atoms with Gasteiger partial charge in [0, 0.05) is 29.9 Å². The van der Waals surface area contributed by atoms with Gasteiger partial charge in [-0.1, -0.05) is 48.0 Å². The van der Waals surface area contributed by atoms with Crippen molar-refractivity contribution in [2.24, 2.45) is 11.7 Å². The Bertz CT molecular complexity index is 1950. The Morgan fingerprint density at radius 1 is 1.17 bits per heavy atom. The lowest BCUT2D eigenvalue weighted by Gasteiger charge is -2.46. The van der Waals surface area contributed by atoms with E-state index >= 15 is 0 Å². The van der Waals surface area contributed by atoms with Crippen molar-refractivity contribution >= 4 is 23.7 Å². The smallest absolute Gasteiger partial charge is 0.420 e. The van der Waals surface area contributed by atoms with E-state index in [-0.39, 0.29) is 23.4 Å². The summed E-state index contributed by atoms with van der Waals surface area (Å²) in [5.74, 6) is -0.608. The molecule has 52 heavy (non-hydrogen) atoms. The van der Waals surface area contributed by atoms with Gasteiger partial charge in [-0.2, -0.15) is 0 Å². The molecule has 3 aromatic rings. The number of rotatable bonds is 10. The van der Waals surface area contributed by atoms with Crippen LogP contribution in [0.2, 0.25) is 0 Å². The summed E-state index contributed by atoms with van der Waals surface area (Å²) in [6.45, 7) is 5.21. The largest absolute Gasteiger partial charge is 0.496 e. The van der Waals surface area contributed by atoms with Crippen LogP contribution in [-0.2, 0) is 4.74 Å². The van der Waals surface area contributed by atoms with Crippen molar-refractivity contribution in [3.8, 4) is 17.2 Å². The number of anilines is 2. The molecular formula is C39H44FN7O5. The van der Waals surface area contributed by atoms with Gasteiger partial charge in [-0.3, -0.25) is 4.79 Å². The quantitative estimate of drug-likeness (QED) is 0.204. The van der Waals surface area contributed by atoms with Crippen LogP contribution in [0, 0.1) is 11.7 Å². The van der Waals surface area contributed by atoms with Gasteiger partial charge < -0.3 is 35.2 Å². The average molecular weight is 710 g/mol. The summed E-state index contributed by atoms with van der Waals surface area (Å²) in [7, 11) is 1.47. The highest BCUT2D eigenvalue weighted by atomic mass is 19.1.